The topological polar surface area (TPSA) is 49.2 Å². The number of para-hydroxylation sites is 1. The molecule has 5 nitrogen and oxygen atoms in total. The SMILES string of the molecule is Cc1cc(C)c(-c2c(-c3cccc(Oc4cccc(B5Oc6ccccc6S5)c4)c3)nnn2C)c(C)c1. The van der Waals surface area contributed by atoms with Crippen LogP contribution in [-0.4, -0.2) is 21.2 Å². The van der Waals surface area contributed by atoms with E-state index in [0.717, 1.165) is 44.6 Å². The van der Waals surface area contributed by atoms with Gasteiger partial charge < -0.3 is 9.39 Å². The summed E-state index contributed by atoms with van der Waals surface area (Å²) in [5, 5.41) is 8.91. The third-order valence-corrected chi connectivity index (χ3v) is 7.70. The highest BCUT2D eigenvalue weighted by atomic mass is 32.2. The van der Waals surface area contributed by atoms with Crippen molar-refractivity contribution in [2.75, 3.05) is 0 Å². The molecule has 0 amide bonds. The monoisotopic (exact) mass is 503 g/mol. The number of hydrogen-bond acceptors (Lipinski definition) is 5. The molecule has 4 aromatic carbocycles. The van der Waals surface area contributed by atoms with Gasteiger partial charge in [0.25, 0.3) is 0 Å². The van der Waals surface area contributed by atoms with Crippen LogP contribution in [0.3, 0.4) is 0 Å². The summed E-state index contributed by atoms with van der Waals surface area (Å²) in [5.41, 5.74) is 8.71. The van der Waals surface area contributed by atoms with Crippen LogP contribution in [0.5, 0.6) is 17.2 Å². The van der Waals surface area contributed by atoms with E-state index in [1.54, 1.807) is 11.6 Å². The third-order valence-electron chi connectivity index (χ3n) is 6.53. The van der Waals surface area contributed by atoms with Crippen LogP contribution in [0.4, 0.5) is 0 Å². The second kappa shape index (κ2) is 9.49. The first-order chi connectivity index (χ1) is 18.0. The van der Waals surface area contributed by atoms with Gasteiger partial charge in [-0.3, -0.25) is 0 Å². The zero-order valence-electron chi connectivity index (χ0n) is 21.2. The highest BCUT2D eigenvalue weighted by Gasteiger charge is 2.31. The van der Waals surface area contributed by atoms with E-state index in [1.807, 2.05) is 66.3 Å². The Kier molecular flexibility index (Phi) is 6.01. The van der Waals surface area contributed by atoms with E-state index in [-0.39, 0.29) is 6.19 Å². The molecule has 2 heterocycles. The molecule has 0 saturated heterocycles. The molecule has 1 aromatic heterocycles. The fourth-order valence-corrected chi connectivity index (χ4v) is 6.04. The van der Waals surface area contributed by atoms with Crippen LogP contribution in [0.25, 0.3) is 22.5 Å². The van der Waals surface area contributed by atoms with E-state index in [2.05, 4.69) is 61.4 Å². The van der Waals surface area contributed by atoms with Crippen LogP contribution in [0.2, 0.25) is 0 Å². The Labute approximate surface area is 221 Å². The standard InChI is InChI=1S/C30H26BN3O2S/c1-19-15-20(2)28(21(3)16-19)30-29(32-33-34(30)4)22-9-7-11-24(17-22)35-25-12-8-10-23(18-25)31-36-26-13-5-6-14-27(26)37-31/h5-18H,1-4H3. The van der Waals surface area contributed by atoms with Gasteiger partial charge >= 0.3 is 6.19 Å². The number of benzene rings is 4. The van der Waals surface area contributed by atoms with Crippen molar-refractivity contribution >= 4 is 23.3 Å². The van der Waals surface area contributed by atoms with Gasteiger partial charge in [-0.25, -0.2) is 4.68 Å². The van der Waals surface area contributed by atoms with E-state index in [9.17, 15) is 0 Å². The highest BCUT2D eigenvalue weighted by Crippen LogP contribution is 2.39. The average Bonchev–Trinajstić information content (AvgIpc) is 3.48. The molecular weight excluding hydrogens is 477 g/mol. The molecule has 0 radical (unpaired) electrons. The molecule has 6 rings (SSSR count). The van der Waals surface area contributed by atoms with Crippen molar-refractivity contribution in [2.24, 2.45) is 7.05 Å². The quantitative estimate of drug-likeness (QED) is 0.249. The minimum atomic E-state index is -0.0876. The Morgan fingerprint density at radius 3 is 2.35 bits per heavy atom. The van der Waals surface area contributed by atoms with Crippen LogP contribution < -0.4 is 14.9 Å². The summed E-state index contributed by atoms with van der Waals surface area (Å²) in [6.45, 7) is 6.41. The zero-order valence-corrected chi connectivity index (χ0v) is 22.0. The Bertz CT molecular complexity index is 1580. The lowest BCUT2D eigenvalue weighted by Crippen LogP contribution is -2.30. The smallest absolute Gasteiger partial charge is 0.467 e. The van der Waals surface area contributed by atoms with Gasteiger partial charge in [-0.2, -0.15) is 0 Å². The van der Waals surface area contributed by atoms with Crippen molar-refractivity contribution in [3.05, 3.63) is 102 Å². The van der Waals surface area contributed by atoms with Crippen molar-refractivity contribution < 1.29 is 9.39 Å². The summed E-state index contributed by atoms with van der Waals surface area (Å²) in [7, 11) is 1.94. The predicted octanol–water partition coefficient (Wildman–Crippen LogP) is 6.75. The molecule has 0 saturated carbocycles. The molecule has 0 atom stereocenters. The van der Waals surface area contributed by atoms with Crippen LogP contribution in [0.15, 0.2) is 89.8 Å². The predicted molar refractivity (Wildman–Crippen MR) is 151 cm³/mol. The van der Waals surface area contributed by atoms with E-state index < -0.39 is 0 Å². The minimum absolute atomic E-state index is 0.0876. The number of nitrogens with zero attached hydrogens (tertiary/aromatic N) is 3. The van der Waals surface area contributed by atoms with Gasteiger partial charge in [0.1, 0.15) is 22.9 Å². The molecule has 0 spiro atoms. The summed E-state index contributed by atoms with van der Waals surface area (Å²) in [6, 6.07) is 28.7. The normalized spacial score (nSPS) is 12.4. The highest BCUT2D eigenvalue weighted by molar-refractivity contribution is 8.26. The van der Waals surface area contributed by atoms with Gasteiger partial charge in [0.15, 0.2) is 0 Å². The molecule has 182 valence electrons. The van der Waals surface area contributed by atoms with Crippen LogP contribution in [0.1, 0.15) is 16.7 Å². The molecule has 7 heteroatoms. The van der Waals surface area contributed by atoms with Gasteiger partial charge in [0.05, 0.1) is 5.69 Å². The molecule has 0 fully saturated rings. The molecular formula is C30H26BN3O2S. The van der Waals surface area contributed by atoms with Crippen molar-refractivity contribution in [3.63, 3.8) is 0 Å². The first-order valence-corrected chi connectivity index (χ1v) is 13.1. The lowest BCUT2D eigenvalue weighted by molar-refractivity contribution is 0.483. The Morgan fingerprint density at radius 1 is 0.838 bits per heavy atom. The first-order valence-electron chi connectivity index (χ1n) is 12.2. The number of fused-ring (bicyclic) bond motifs is 1. The van der Waals surface area contributed by atoms with Gasteiger partial charge in [0.2, 0.25) is 0 Å². The second-order valence-electron chi connectivity index (χ2n) is 9.40. The maximum Gasteiger partial charge on any atom is 0.467 e. The van der Waals surface area contributed by atoms with E-state index >= 15 is 0 Å². The molecule has 0 aliphatic carbocycles. The summed E-state index contributed by atoms with van der Waals surface area (Å²) in [5.74, 6) is 2.43. The molecule has 0 N–H and O–H groups in total. The van der Waals surface area contributed by atoms with Gasteiger partial charge in [-0.15, -0.1) is 16.7 Å². The number of rotatable bonds is 5. The second-order valence-corrected chi connectivity index (χ2v) is 10.5. The molecule has 37 heavy (non-hydrogen) atoms. The minimum Gasteiger partial charge on any atom is -0.546 e. The maximum absolute atomic E-state index is 6.31. The van der Waals surface area contributed by atoms with Crippen LogP contribution in [-0.2, 0) is 7.05 Å². The van der Waals surface area contributed by atoms with Gasteiger partial charge in [-0.05, 0) is 73.8 Å². The fourth-order valence-electron chi connectivity index (χ4n) is 4.99. The Morgan fingerprint density at radius 2 is 1.57 bits per heavy atom. The summed E-state index contributed by atoms with van der Waals surface area (Å²) in [6.07, 6.45) is -0.0876. The van der Waals surface area contributed by atoms with Crippen molar-refractivity contribution in [3.8, 4) is 39.8 Å². The first kappa shape index (κ1) is 23.4. The number of ether oxygens (including phenoxy) is 1. The van der Waals surface area contributed by atoms with Gasteiger partial charge in [0, 0.05) is 23.1 Å². The molecule has 0 unspecified atom stereocenters. The maximum atomic E-state index is 6.31. The number of hydrogen-bond donors (Lipinski definition) is 0. The molecule has 1 aliphatic heterocycles. The van der Waals surface area contributed by atoms with E-state index in [1.165, 1.54) is 22.3 Å². The van der Waals surface area contributed by atoms with E-state index in [0.29, 0.717) is 0 Å². The van der Waals surface area contributed by atoms with Crippen LogP contribution in [0, 0.1) is 20.8 Å². The largest absolute Gasteiger partial charge is 0.546 e. The summed E-state index contributed by atoms with van der Waals surface area (Å²) < 4.78 is 14.3. The average molecular weight is 503 g/mol. The fraction of sp³-hybridized carbons (Fsp3) is 0.133. The lowest BCUT2D eigenvalue weighted by Gasteiger charge is -2.14. The zero-order chi connectivity index (χ0) is 25.5. The summed E-state index contributed by atoms with van der Waals surface area (Å²) in [4.78, 5) is 1.16. The van der Waals surface area contributed by atoms with Crippen molar-refractivity contribution in [2.45, 2.75) is 25.7 Å². The van der Waals surface area contributed by atoms with Crippen molar-refractivity contribution in [1.82, 2.24) is 15.0 Å². The Balaban J connectivity index is 1.29. The molecule has 0 bridgehead atoms. The third kappa shape index (κ3) is 4.51. The van der Waals surface area contributed by atoms with Gasteiger partial charge in [-0.1, -0.05) is 59.3 Å². The number of aromatic nitrogens is 3. The lowest BCUT2D eigenvalue weighted by atomic mass is 9.86. The molecule has 5 aromatic rings. The van der Waals surface area contributed by atoms with Crippen molar-refractivity contribution in [1.29, 1.82) is 0 Å². The van der Waals surface area contributed by atoms with E-state index in [4.69, 9.17) is 9.39 Å². The number of aryl methyl sites for hydroxylation is 4. The summed E-state index contributed by atoms with van der Waals surface area (Å²) >= 11 is 1.71. The van der Waals surface area contributed by atoms with Crippen LogP contribution >= 0.6 is 11.6 Å². The Hall–Kier alpha value is -3.97. The molecule has 1 aliphatic rings.